The lowest BCUT2D eigenvalue weighted by Gasteiger charge is -1.97. The van der Waals surface area contributed by atoms with Crippen molar-refractivity contribution in [2.45, 2.75) is 11.8 Å². The first-order valence-electron chi connectivity index (χ1n) is 3.22. The molecular formula is C8H9NS2. The van der Waals surface area contributed by atoms with Crippen LogP contribution in [0.25, 0.3) is 0 Å². The number of thiocarbonyl (C=S) groups is 1. The van der Waals surface area contributed by atoms with Crippen LogP contribution in [0.4, 0.5) is 0 Å². The molecule has 0 aliphatic carbocycles. The summed E-state index contributed by atoms with van der Waals surface area (Å²) in [4.78, 5) is 1.10. The van der Waals surface area contributed by atoms with Gasteiger partial charge in [-0.05, 0) is 19.1 Å². The molecule has 1 nitrogen and oxygen atoms in total. The Morgan fingerprint density at radius 2 is 1.91 bits per heavy atom. The fourth-order valence-electron chi connectivity index (χ4n) is 0.722. The van der Waals surface area contributed by atoms with Crippen LogP contribution in [0, 0.1) is 6.92 Å². The average Bonchev–Trinajstić information content (AvgIpc) is 1.93. The van der Waals surface area contributed by atoms with Crippen molar-refractivity contribution in [3.8, 4) is 0 Å². The normalized spacial score (nSPS) is 9.55. The summed E-state index contributed by atoms with van der Waals surface area (Å²) in [6.45, 7) is 2.05. The SMILES string of the molecule is Cc1ccc(SC(N)=S)cc1. The number of rotatable bonds is 1. The molecule has 0 saturated heterocycles. The highest BCUT2D eigenvalue weighted by atomic mass is 32.2. The Bertz CT molecular complexity index is 253. The molecule has 1 rings (SSSR count). The lowest BCUT2D eigenvalue weighted by molar-refractivity contribution is 1.38. The standard InChI is InChI=1S/C8H9NS2/c1-6-2-4-7(5-3-6)11-8(9)10/h2-5H,1H3,(H2,9,10). The van der Waals surface area contributed by atoms with Crippen LogP contribution >= 0.6 is 24.0 Å². The zero-order valence-corrected chi connectivity index (χ0v) is 7.84. The van der Waals surface area contributed by atoms with E-state index in [2.05, 4.69) is 6.92 Å². The summed E-state index contributed by atoms with van der Waals surface area (Å²) in [5.74, 6) is 0. The smallest absolute Gasteiger partial charge is 0.135 e. The third-order valence-corrected chi connectivity index (χ3v) is 2.20. The lowest BCUT2D eigenvalue weighted by Crippen LogP contribution is -2.00. The van der Waals surface area contributed by atoms with Crippen molar-refractivity contribution < 1.29 is 0 Å². The van der Waals surface area contributed by atoms with Gasteiger partial charge >= 0.3 is 0 Å². The molecule has 1 aromatic carbocycles. The van der Waals surface area contributed by atoms with Gasteiger partial charge in [0.15, 0.2) is 0 Å². The zero-order valence-electron chi connectivity index (χ0n) is 6.20. The van der Waals surface area contributed by atoms with Gasteiger partial charge in [-0.15, -0.1) is 0 Å². The minimum Gasteiger partial charge on any atom is -0.384 e. The van der Waals surface area contributed by atoms with Crippen molar-refractivity contribution >= 4 is 28.3 Å². The molecule has 0 bridgehead atoms. The Hall–Kier alpha value is -0.540. The van der Waals surface area contributed by atoms with E-state index in [1.165, 1.54) is 17.3 Å². The van der Waals surface area contributed by atoms with Crippen LogP contribution in [0.3, 0.4) is 0 Å². The molecule has 2 N–H and O–H groups in total. The van der Waals surface area contributed by atoms with Gasteiger partial charge in [0.2, 0.25) is 0 Å². The average molecular weight is 183 g/mol. The van der Waals surface area contributed by atoms with E-state index in [9.17, 15) is 0 Å². The Morgan fingerprint density at radius 3 is 2.36 bits per heavy atom. The van der Waals surface area contributed by atoms with Gasteiger partial charge in [0, 0.05) is 4.90 Å². The molecule has 3 heteroatoms. The van der Waals surface area contributed by atoms with Crippen molar-refractivity contribution in [1.82, 2.24) is 0 Å². The first-order chi connectivity index (χ1) is 5.18. The van der Waals surface area contributed by atoms with Crippen LogP contribution in [0.1, 0.15) is 5.56 Å². The fraction of sp³-hybridized carbons (Fsp3) is 0.125. The number of hydrogen-bond acceptors (Lipinski definition) is 2. The fourth-order valence-corrected chi connectivity index (χ4v) is 1.52. The summed E-state index contributed by atoms with van der Waals surface area (Å²) in [7, 11) is 0. The molecule has 0 unspecified atom stereocenters. The van der Waals surface area contributed by atoms with Crippen LogP contribution in [0.5, 0.6) is 0 Å². The molecule has 0 heterocycles. The molecule has 0 amide bonds. The van der Waals surface area contributed by atoms with Gasteiger partial charge in [0.25, 0.3) is 0 Å². The Kier molecular flexibility index (Phi) is 2.91. The molecule has 0 saturated carbocycles. The van der Waals surface area contributed by atoms with E-state index in [-0.39, 0.29) is 0 Å². The number of hydrogen-bond donors (Lipinski definition) is 1. The highest BCUT2D eigenvalue weighted by Crippen LogP contribution is 2.17. The number of benzene rings is 1. The maximum Gasteiger partial charge on any atom is 0.135 e. The molecule has 0 radical (unpaired) electrons. The number of thioether (sulfide) groups is 1. The predicted octanol–water partition coefficient (Wildman–Crippen LogP) is 2.33. The molecule has 1 aromatic rings. The summed E-state index contributed by atoms with van der Waals surface area (Å²) >= 11 is 6.17. The molecule has 0 aromatic heterocycles. The minimum absolute atomic E-state index is 0.467. The van der Waals surface area contributed by atoms with E-state index in [1.54, 1.807) is 0 Å². The maximum atomic E-state index is 5.36. The highest BCUT2D eigenvalue weighted by molar-refractivity contribution is 8.22. The predicted molar refractivity (Wildman–Crippen MR) is 53.8 cm³/mol. The summed E-state index contributed by atoms with van der Waals surface area (Å²) < 4.78 is 0.467. The van der Waals surface area contributed by atoms with E-state index < -0.39 is 0 Å². The number of nitrogens with two attached hydrogens (primary N) is 1. The second-order valence-corrected chi connectivity index (χ2v) is 4.05. The first kappa shape index (κ1) is 8.56. The van der Waals surface area contributed by atoms with E-state index in [4.69, 9.17) is 18.0 Å². The summed E-state index contributed by atoms with van der Waals surface area (Å²) in [6.07, 6.45) is 0. The van der Waals surface area contributed by atoms with E-state index in [0.717, 1.165) is 4.90 Å². The summed E-state index contributed by atoms with van der Waals surface area (Å²) in [5.41, 5.74) is 6.60. The van der Waals surface area contributed by atoms with Crippen molar-refractivity contribution in [2.75, 3.05) is 0 Å². The second kappa shape index (κ2) is 3.74. The minimum atomic E-state index is 0.467. The lowest BCUT2D eigenvalue weighted by atomic mass is 10.2. The molecule has 0 fully saturated rings. The van der Waals surface area contributed by atoms with E-state index >= 15 is 0 Å². The first-order valence-corrected chi connectivity index (χ1v) is 4.45. The van der Waals surface area contributed by atoms with Crippen molar-refractivity contribution in [2.24, 2.45) is 5.73 Å². The second-order valence-electron chi connectivity index (χ2n) is 2.23. The van der Waals surface area contributed by atoms with Crippen LogP contribution in [0.2, 0.25) is 0 Å². The monoisotopic (exact) mass is 183 g/mol. The van der Waals surface area contributed by atoms with Gasteiger partial charge in [-0.25, -0.2) is 0 Å². The molecular weight excluding hydrogens is 174 g/mol. The third kappa shape index (κ3) is 2.91. The van der Waals surface area contributed by atoms with Crippen molar-refractivity contribution in [3.63, 3.8) is 0 Å². The van der Waals surface area contributed by atoms with Gasteiger partial charge < -0.3 is 5.73 Å². The topological polar surface area (TPSA) is 26.0 Å². The maximum absolute atomic E-state index is 5.36. The van der Waals surface area contributed by atoms with Gasteiger partial charge in [-0.3, -0.25) is 0 Å². The van der Waals surface area contributed by atoms with Gasteiger partial charge in [0.1, 0.15) is 4.32 Å². The zero-order chi connectivity index (χ0) is 8.27. The van der Waals surface area contributed by atoms with Crippen LogP contribution in [-0.2, 0) is 0 Å². The number of aryl methyl sites for hydroxylation is 1. The van der Waals surface area contributed by atoms with Crippen molar-refractivity contribution in [3.05, 3.63) is 29.8 Å². The quantitative estimate of drug-likeness (QED) is 0.534. The van der Waals surface area contributed by atoms with E-state index in [0.29, 0.717) is 4.32 Å². The highest BCUT2D eigenvalue weighted by Gasteiger charge is 1.93. The van der Waals surface area contributed by atoms with Gasteiger partial charge in [-0.1, -0.05) is 41.7 Å². The van der Waals surface area contributed by atoms with Gasteiger partial charge in [0.05, 0.1) is 0 Å². The summed E-state index contributed by atoms with van der Waals surface area (Å²) in [5, 5.41) is 0. The molecule has 0 spiro atoms. The largest absolute Gasteiger partial charge is 0.384 e. The Morgan fingerprint density at radius 1 is 1.36 bits per heavy atom. The molecule has 0 aliphatic heterocycles. The molecule has 0 aliphatic rings. The van der Waals surface area contributed by atoms with Crippen molar-refractivity contribution in [1.29, 1.82) is 0 Å². The molecule has 58 valence electrons. The molecule has 11 heavy (non-hydrogen) atoms. The Balaban J connectivity index is 2.74. The van der Waals surface area contributed by atoms with Gasteiger partial charge in [-0.2, -0.15) is 0 Å². The van der Waals surface area contributed by atoms with Crippen LogP contribution in [-0.4, -0.2) is 4.32 Å². The van der Waals surface area contributed by atoms with Crippen LogP contribution in [0.15, 0.2) is 29.2 Å². The summed E-state index contributed by atoms with van der Waals surface area (Å²) in [6, 6.07) is 8.11. The molecule has 0 atom stereocenters. The van der Waals surface area contributed by atoms with E-state index in [1.807, 2.05) is 24.3 Å². The third-order valence-electron chi connectivity index (χ3n) is 1.24. The van der Waals surface area contributed by atoms with Crippen LogP contribution < -0.4 is 5.73 Å². The Labute approximate surface area is 76.0 Å².